The van der Waals surface area contributed by atoms with E-state index in [1.165, 1.54) is 11.3 Å². The zero-order chi connectivity index (χ0) is 14.7. The molecule has 3 heterocycles. The highest BCUT2D eigenvalue weighted by Gasteiger charge is 2.26. The van der Waals surface area contributed by atoms with Crippen LogP contribution in [0.1, 0.15) is 17.8 Å². The maximum absolute atomic E-state index is 12.1. The summed E-state index contributed by atoms with van der Waals surface area (Å²) in [4.78, 5) is 14.3. The zero-order valence-electron chi connectivity index (χ0n) is 11.9. The largest absolute Gasteiger partial charge is 0.299 e. The highest BCUT2D eigenvalue weighted by atomic mass is 32.1. The summed E-state index contributed by atoms with van der Waals surface area (Å²) in [5.41, 5.74) is 0. The molecule has 112 valence electrons. The van der Waals surface area contributed by atoms with E-state index < -0.39 is 0 Å². The Morgan fingerprint density at radius 3 is 3.14 bits per heavy atom. The van der Waals surface area contributed by atoms with E-state index in [-0.39, 0.29) is 5.91 Å². The number of anilines is 1. The van der Waals surface area contributed by atoms with Gasteiger partial charge in [0.05, 0.1) is 13.1 Å². The normalized spacial score (nSPS) is 19.0. The Kier molecular flexibility index (Phi) is 4.26. The molecule has 2 aromatic rings. The van der Waals surface area contributed by atoms with E-state index in [4.69, 9.17) is 0 Å². The standard InChI is InChI=1S/C13H18N6OS/c1-10-16-17-13(21-10)15-12(20)9-18-6-2-4-11(18)8-19-7-3-5-14-19/h3,5,7,11H,2,4,6,8-9H2,1H3,(H,15,17,20)/t11-/m0/s1. The first kappa shape index (κ1) is 14.2. The van der Waals surface area contributed by atoms with Gasteiger partial charge in [0.2, 0.25) is 11.0 Å². The predicted octanol–water partition coefficient (Wildman–Crippen LogP) is 1.15. The third-order valence-corrected chi connectivity index (χ3v) is 4.33. The highest BCUT2D eigenvalue weighted by molar-refractivity contribution is 7.15. The fourth-order valence-corrected chi connectivity index (χ4v) is 3.23. The Morgan fingerprint density at radius 1 is 1.52 bits per heavy atom. The molecule has 3 rings (SSSR count). The van der Waals surface area contributed by atoms with Crippen LogP contribution in [0.25, 0.3) is 0 Å². The number of hydrogen-bond acceptors (Lipinski definition) is 6. The minimum Gasteiger partial charge on any atom is -0.299 e. The lowest BCUT2D eigenvalue weighted by Gasteiger charge is -2.23. The van der Waals surface area contributed by atoms with Gasteiger partial charge in [-0.25, -0.2) is 0 Å². The average Bonchev–Trinajstić information content (AvgIpc) is 3.15. The second-order valence-electron chi connectivity index (χ2n) is 5.17. The highest BCUT2D eigenvalue weighted by Crippen LogP contribution is 2.19. The summed E-state index contributed by atoms with van der Waals surface area (Å²) in [6, 6.07) is 2.29. The Labute approximate surface area is 127 Å². The van der Waals surface area contributed by atoms with Crippen molar-refractivity contribution in [3.63, 3.8) is 0 Å². The van der Waals surface area contributed by atoms with Gasteiger partial charge >= 0.3 is 0 Å². The summed E-state index contributed by atoms with van der Waals surface area (Å²) in [5.74, 6) is -0.0292. The van der Waals surface area contributed by atoms with Crippen molar-refractivity contribution >= 4 is 22.4 Å². The van der Waals surface area contributed by atoms with Crippen LogP contribution in [0.15, 0.2) is 18.5 Å². The van der Waals surface area contributed by atoms with Gasteiger partial charge in [-0.15, -0.1) is 10.2 Å². The second-order valence-corrected chi connectivity index (χ2v) is 6.35. The smallest absolute Gasteiger partial charge is 0.240 e. The molecule has 1 saturated heterocycles. The van der Waals surface area contributed by atoms with E-state index in [9.17, 15) is 4.79 Å². The molecular formula is C13H18N6OS. The lowest BCUT2D eigenvalue weighted by molar-refractivity contribution is -0.117. The van der Waals surface area contributed by atoms with Crippen LogP contribution in [0.4, 0.5) is 5.13 Å². The molecule has 0 radical (unpaired) electrons. The zero-order valence-corrected chi connectivity index (χ0v) is 12.7. The summed E-state index contributed by atoms with van der Waals surface area (Å²) in [6.07, 6.45) is 5.96. The van der Waals surface area contributed by atoms with Gasteiger partial charge in [-0.2, -0.15) is 5.10 Å². The third-order valence-electron chi connectivity index (χ3n) is 3.58. The molecule has 1 fully saturated rings. The molecule has 1 N–H and O–H groups in total. The number of likely N-dealkylation sites (tertiary alicyclic amines) is 1. The number of aromatic nitrogens is 4. The molecule has 0 aliphatic carbocycles. The van der Waals surface area contributed by atoms with Crippen LogP contribution in [0.3, 0.4) is 0 Å². The SMILES string of the molecule is Cc1nnc(NC(=O)CN2CCC[C@H]2Cn2cccn2)s1. The van der Waals surface area contributed by atoms with Gasteiger partial charge in [0.15, 0.2) is 0 Å². The molecule has 0 spiro atoms. The monoisotopic (exact) mass is 306 g/mol. The maximum Gasteiger partial charge on any atom is 0.240 e. The fourth-order valence-electron chi connectivity index (χ4n) is 2.62. The van der Waals surface area contributed by atoms with Gasteiger partial charge in [-0.1, -0.05) is 11.3 Å². The summed E-state index contributed by atoms with van der Waals surface area (Å²) in [5, 5.41) is 16.3. The Bertz CT molecular complexity index is 596. The molecule has 1 aliphatic heterocycles. The van der Waals surface area contributed by atoms with Crippen LogP contribution in [0.5, 0.6) is 0 Å². The molecule has 0 aromatic carbocycles. The average molecular weight is 306 g/mol. The number of carbonyl (C=O) groups excluding carboxylic acids is 1. The molecule has 1 atom stereocenters. The van der Waals surface area contributed by atoms with Gasteiger partial charge in [0.1, 0.15) is 5.01 Å². The van der Waals surface area contributed by atoms with Crippen molar-refractivity contribution < 1.29 is 4.79 Å². The molecule has 2 aromatic heterocycles. The Hall–Kier alpha value is -1.80. The van der Waals surface area contributed by atoms with E-state index in [1.807, 2.05) is 23.9 Å². The number of aryl methyl sites for hydroxylation is 1. The van der Waals surface area contributed by atoms with Crippen LogP contribution < -0.4 is 5.32 Å². The van der Waals surface area contributed by atoms with Crippen molar-refractivity contribution in [1.82, 2.24) is 24.9 Å². The van der Waals surface area contributed by atoms with E-state index in [0.717, 1.165) is 30.9 Å². The number of carbonyl (C=O) groups is 1. The molecule has 0 saturated carbocycles. The van der Waals surface area contributed by atoms with E-state index >= 15 is 0 Å². The number of nitrogens with one attached hydrogen (secondary N) is 1. The van der Waals surface area contributed by atoms with Crippen molar-refractivity contribution in [2.24, 2.45) is 0 Å². The first-order chi connectivity index (χ1) is 10.2. The van der Waals surface area contributed by atoms with Gasteiger partial charge in [-0.3, -0.25) is 19.7 Å². The van der Waals surface area contributed by atoms with E-state index in [1.54, 1.807) is 6.20 Å². The third kappa shape index (κ3) is 3.64. The maximum atomic E-state index is 12.1. The Morgan fingerprint density at radius 2 is 2.43 bits per heavy atom. The summed E-state index contributed by atoms with van der Waals surface area (Å²) in [6.45, 7) is 4.05. The molecule has 0 unspecified atom stereocenters. The molecular weight excluding hydrogens is 288 g/mol. The minimum atomic E-state index is -0.0292. The van der Waals surface area contributed by atoms with Gasteiger partial charge in [0.25, 0.3) is 0 Å². The molecule has 1 aliphatic rings. The summed E-state index contributed by atoms with van der Waals surface area (Å²) >= 11 is 1.39. The van der Waals surface area contributed by atoms with Gasteiger partial charge < -0.3 is 0 Å². The number of nitrogens with zero attached hydrogens (tertiary/aromatic N) is 5. The van der Waals surface area contributed by atoms with Crippen LogP contribution >= 0.6 is 11.3 Å². The van der Waals surface area contributed by atoms with Crippen molar-refractivity contribution in [1.29, 1.82) is 0 Å². The lowest BCUT2D eigenvalue weighted by Crippen LogP contribution is -2.39. The first-order valence-electron chi connectivity index (χ1n) is 7.02. The summed E-state index contributed by atoms with van der Waals surface area (Å²) in [7, 11) is 0. The van der Waals surface area contributed by atoms with Crippen LogP contribution in [0, 0.1) is 6.92 Å². The topological polar surface area (TPSA) is 75.9 Å². The lowest BCUT2D eigenvalue weighted by atomic mass is 10.2. The quantitative estimate of drug-likeness (QED) is 0.896. The number of amides is 1. The van der Waals surface area contributed by atoms with Crippen molar-refractivity contribution in [3.05, 3.63) is 23.5 Å². The first-order valence-corrected chi connectivity index (χ1v) is 7.84. The van der Waals surface area contributed by atoms with E-state index in [0.29, 0.717) is 17.7 Å². The van der Waals surface area contributed by atoms with Crippen LogP contribution in [0.2, 0.25) is 0 Å². The number of rotatable bonds is 5. The molecule has 1 amide bonds. The summed E-state index contributed by atoms with van der Waals surface area (Å²) < 4.78 is 1.93. The Balaban J connectivity index is 1.54. The molecule has 21 heavy (non-hydrogen) atoms. The predicted molar refractivity (Wildman–Crippen MR) is 80.1 cm³/mol. The fraction of sp³-hybridized carbons (Fsp3) is 0.538. The minimum absolute atomic E-state index is 0.0292. The molecule has 7 nitrogen and oxygen atoms in total. The van der Waals surface area contributed by atoms with Crippen molar-refractivity contribution in [2.75, 3.05) is 18.4 Å². The van der Waals surface area contributed by atoms with Gasteiger partial charge in [-0.05, 0) is 32.4 Å². The van der Waals surface area contributed by atoms with Crippen molar-refractivity contribution in [3.8, 4) is 0 Å². The number of hydrogen-bond donors (Lipinski definition) is 1. The molecule has 0 bridgehead atoms. The second kappa shape index (κ2) is 6.31. The van der Waals surface area contributed by atoms with Crippen molar-refractivity contribution in [2.45, 2.75) is 32.4 Å². The van der Waals surface area contributed by atoms with Gasteiger partial charge in [0, 0.05) is 18.4 Å². The van der Waals surface area contributed by atoms with Crippen LogP contribution in [-0.2, 0) is 11.3 Å². The van der Waals surface area contributed by atoms with E-state index in [2.05, 4.69) is 25.5 Å². The molecule has 8 heteroatoms. The van der Waals surface area contributed by atoms with Crippen LogP contribution in [-0.4, -0.2) is 49.9 Å².